The summed E-state index contributed by atoms with van der Waals surface area (Å²) in [6.07, 6.45) is -0.246. The van der Waals surface area contributed by atoms with E-state index in [9.17, 15) is 13.2 Å². The highest BCUT2D eigenvalue weighted by Gasteiger charge is 2.27. The van der Waals surface area contributed by atoms with E-state index in [-0.39, 0.29) is 12.6 Å². The lowest BCUT2D eigenvalue weighted by atomic mass is 10.1. The molecule has 20 heavy (non-hydrogen) atoms. The number of nitrogens with one attached hydrogen (secondary N) is 1. The van der Waals surface area contributed by atoms with Crippen molar-refractivity contribution in [3.05, 3.63) is 18.0 Å². The zero-order chi connectivity index (χ0) is 15.0. The van der Waals surface area contributed by atoms with Crippen LogP contribution in [0.1, 0.15) is 25.5 Å². The third-order valence-corrected chi connectivity index (χ3v) is 3.04. The topological polar surface area (TPSA) is 39.1 Å². The van der Waals surface area contributed by atoms with Crippen molar-refractivity contribution in [2.75, 3.05) is 19.8 Å². The molecule has 0 bridgehead atoms. The van der Waals surface area contributed by atoms with Crippen LogP contribution in [0.3, 0.4) is 0 Å². The SMILES string of the molecule is CCNC(CCOCC(F)(F)F)CCc1ccnn1C. The predicted molar refractivity (Wildman–Crippen MR) is 70.5 cm³/mol. The average Bonchev–Trinajstić information content (AvgIpc) is 2.76. The minimum Gasteiger partial charge on any atom is -0.372 e. The minimum atomic E-state index is -4.25. The summed E-state index contributed by atoms with van der Waals surface area (Å²) in [6, 6.07) is 2.10. The number of hydrogen-bond donors (Lipinski definition) is 1. The van der Waals surface area contributed by atoms with Crippen LogP contribution >= 0.6 is 0 Å². The monoisotopic (exact) mass is 293 g/mol. The maximum atomic E-state index is 12.0. The van der Waals surface area contributed by atoms with Gasteiger partial charge in [0.2, 0.25) is 0 Å². The molecule has 0 saturated heterocycles. The van der Waals surface area contributed by atoms with Crippen LogP contribution in [0.5, 0.6) is 0 Å². The molecule has 7 heteroatoms. The van der Waals surface area contributed by atoms with Crippen molar-refractivity contribution >= 4 is 0 Å². The van der Waals surface area contributed by atoms with E-state index >= 15 is 0 Å². The van der Waals surface area contributed by atoms with Gasteiger partial charge in [0.1, 0.15) is 6.61 Å². The van der Waals surface area contributed by atoms with Gasteiger partial charge in [-0.15, -0.1) is 0 Å². The lowest BCUT2D eigenvalue weighted by Gasteiger charge is -2.18. The van der Waals surface area contributed by atoms with E-state index < -0.39 is 12.8 Å². The summed E-state index contributed by atoms with van der Waals surface area (Å²) in [5, 5.41) is 7.36. The largest absolute Gasteiger partial charge is 0.411 e. The molecule has 116 valence electrons. The quantitative estimate of drug-likeness (QED) is 0.710. The van der Waals surface area contributed by atoms with Crippen LogP contribution in [0.15, 0.2) is 12.3 Å². The fourth-order valence-electron chi connectivity index (χ4n) is 2.02. The molecule has 0 aliphatic carbocycles. The zero-order valence-electron chi connectivity index (χ0n) is 11.9. The lowest BCUT2D eigenvalue weighted by Crippen LogP contribution is -2.31. The Morgan fingerprint density at radius 1 is 1.40 bits per heavy atom. The number of ether oxygens (including phenoxy) is 1. The van der Waals surface area contributed by atoms with Gasteiger partial charge in [0.15, 0.2) is 0 Å². The Morgan fingerprint density at radius 3 is 2.70 bits per heavy atom. The van der Waals surface area contributed by atoms with Crippen LogP contribution in [-0.4, -0.2) is 41.8 Å². The molecule has 0 spiro atoms. The van der Waals surface area contributed by atoms with Gasteiger partial charge in [0.25, 0.3) is 0 Å². The fraction of sp³-hybridized carbons (Fsp3) is 0.769. The smallest absolute Gasteiger partial charge is 0.372 e. The Kier molecular flexibility index (Phi) is 7.01. The molecular formula is C13H22F3N3O. The first-order chi connectivity index (χ1) is 9.42. The summed E-state index contributed by atoms with van der Waals surface area (Å²) >= 11 is 0. The second-order valence-corrected chi connectivity index (χ2v) is 4.70. The van der Waals surface area contributed by atoms with Crippen LogP contribution in [0.25, 0.3) is 0 Å². The molecule has 0 aliphatic heterocycles. The normalized spacial score (nSPS) is 13.7. The summed E-state index contributed by atoms with van der Waals surface area (Å²) in [4.78, 5) is 0. The van der Waals surface area contributed by atoms with Crippen LogP contribution < -0.4 is 5.32 Å². The van der Waals surface area contributed by atoms with Crippen molar-refractivity contribution in [1.82, 2.24) is 15.1 Å². The van der Waals surface area contributed by atoms with Crippen LogP contribution in [0.4, 0.5) is 13.2 Å². The molecule has 1 N–H and O–H groups in total. The fourth-order valence-corrected chi connectivity index (χ4v) is 2.02. The van der Waals surface area contributed by atoms with E-state index in [0.29, 0.717) is 6.42 Å². The molecule has 4 nitrogen and oxygen atoms in total. The highest BCUT2D eigenvalue weighted by molar-refractivity contribution is 5.00. The summed E-state index contributed by atoms with van der Waals surface area (Å²) in [7, 11) is 1.88. The lowest BCUT2D eigenvalue weighted by molar-refractivity contribution is -0.174. The first kappa shape index (κ1) is 17.0. The van der Waals surface area contributed by atoms with Gasteiger partial charge in [-0.1, -0.05) is 6.92 Å². The van der Waals surface area contributed by atoms with E-state index in [1.54, 1.807) is 6.20 Å². The van der Waals surface area contributed by atoms with Crippen molar-refractivity contribution in [3.63, 3.8) is 0 Å². The number of rotatable bonds is 9. The van der Waals surface area contributed by atoms with Gasteiger partial charge in [0, 0.05) is 31.6 Å². The molecule has 0 amide bonds. The molecule has 1 aromatic rings. The van der Waals surface area contributed by atoms with Crippen molar-refractivity contribution in [2.45, 2.75) is 38.4 Å². The maximum Gasteiger partial charge on any atom is 0.411 e. The van der Waals surface area contributed by atoms with Crippen LogP contribution in [0.2, 0.25) is 0 Å². The number of alkyl halides is 3. The maximum absolute atomic E-state index is 12.0. The number of nitrogens with zero attached hydrogens (tertiary/aromatic N) is 2. The Morgan fingerprint density at radius 2 is 2.15 bits per heavy atom. The highest BCUT2D eigenvalue weighted by Crippen LogP contribution is 2.15. The standard InChI is InChI=1S/C13H22F3N3O/c1-3-17-11(7-9-20-10-13(14,15)16)4-5-12-6-8-18-19(12)2/h6,8,11,17H,3-5,7,9-10H2,1-2H3. The molecule has 0 saturated carbocycles. The number of halogens is 3. The first-order valence-electron chi connectivity index (χ1n) is 6.77. The minimum absolute atomic E-state index is 0.114. The number of aromatic nitrogens is 2. The molecule has 1 heterocycles. The first-order valence-corrected chi connectivity index (χ1v) is 6.77. The third-order valence-electron chi connectivity index (χ3n) is 3.04. The van der Waals surface area contributed by atoms with Crippen molar-refractivity contribution < 1.29 is 17.9 Å². The van der Waals surface area contributed by atoms with Gasteiger partial charge in [-0.25, -0.2) is 0 Å². The second-order valence-electron chi connectivity index (χ2n) is 4.70. The Bertz CT molecular complexity index is 379. The third kappa shape index (κ3) is 6.91. The molecule has 0 radical (unpaired) electrons. The zero-order valence-corrected chi connectivity index (χ0v) is 11.9. The van der Waals surface area contributed by atoms with Crippen molar-refractivity contribution in [1.29, 1.82) is 0 Å². The van der Waals surface area contributed by atoms with E-state index in [1.807, 2.05) is 24.7 Å². The number of aryl methyl sites for hydroxylation is 2. The van der Waals surface area contributed by atoms with Gasteiger partial charge in [-0.3, -0.25) is 4.68 Å². The highest BCUT2D eigenvalue weighted by atomic mass is 19.4. The van der Waals surface area contributed by atoms with E-state index in [0.717, 1.165) is 25.1 Å². The Balaban J connectivity index is 2.28. The summed E-state index contributed by atoms with van der Waals surface area (Å²) < 4.78 is 42.3. The van der Waals surface area contributed by atoms with Crippen LogP contribution in [-0.2, 0) is 18.2 Å². The Hall–Kier alpha value is -1.08. The van der Waals surface area contributed by atoms with Gasteiger partial charge < -0.3 is 10.1 Å². The molecule has 0 aliphatic rings. The van der Waals surface area contributed by atoms with Gasteiger partial charge in [-0.2, -0.15) is 18.3 Å². The molecule has 1 rings (SSSR count). The Labute approximate surface area is 117 Å². The molecule has 0 aromatic carbocycles. The van der Waals surface area contributed by atoms with Crippen molar-refractivity contribution in [3.8, 4) is 0 Å². The summed E-state index contributed by atoms with van der Waals surface area (Å²) in [5.74, 6) is 0. The second kappa shape index (κ2) is 8.26. The summed E-state index contributed by atoms with van der Waals surface area (Å²) in [5.41, 5.74) is 1.11. The van der Waals surface area contributed by atoms with Gasteiger partial charge in [-0.05, 0) is 31.9 Å². The molecule has 1 unspecified atom stereocenters. The molecule has 1 aromatic heterocycles. The number of hydrogen-bond acceptors (Lipinski definition) is 3. The predicted octanol–water partition coefficient (Wildman–Crippen LogP) is 2.30. The average molecular weight is 293 g/mol. The van der Waals surface area contributed by atoms with Crippen LogP contribution in [0, 0.1) is 0 Å². The molecular weight excluding hydrogens is 271 g/mol. The van der Waals surface area contributed by atoms with Crippen molar-refractivity contribution in [2.24, 2.45) is 7.05 Å². The van der Waals surface area contributed by atoms with E-state index in [1.165, 1.54) is 0 Å². The molecule has 1 atom stereocenters. The van der Waals surface area contributed by atoms with E-state index in [2.05, 4.69) is 15.2 Å². The van der Waals surface area contributed by atoms with Gasteiger partial charge in [0.05, 0.1) is 0 Å². The van der Waals surface area contributed by atoms with E-state index in [4.69, 9.17) is 0 Å². The summed E-state index contributed by atoms with van der Waals surface area (Å²) in [6.45, 7) is 1.71. The molecule has 0 fully saturated rings. The van der Waals surface area contributed by atoms with Gasteiger partial charge >= 0.3 is 6.18 Å².